The van der Waals surface area contributed by atoms with E-state index in [4.69, 9.17) is 0 Å². The number of nitrogens with zero attached hydrogens (tertiary/aromatic N) is 2. The summed E-state index contributed by atoms with van der Waals surface area (Å²) < 4.78 is 2.83. The van der Waals surface area contributed by atoms with Crippen molar-refractivity contribution in [1.29, 1.82) is 0 Å². The molecule has 0 atom stereocenters. The molecule has 3 heterocycles. The zero-order valence-electron chi connectivity index (χ0n) is 46.9. The quantitative estimate of drug-likeness (QED) is 0.163. The molecule has 370 valence electrons. The van der Waals surface area contributed by atoms with Gasteiger partial charge in [0.2, 0.25) is 0 Å². The minimum Gasteiger partial charge on any atom is -0.311 e. The van der Waals surface area contributed by atoms with Crippen LogP contribution in [0.3, 0.4) is 0 Å². The van der Waals surface area contributed by atoms with Crippen molar-refractivity contribution in [2.45, 2.75) is 194 Å². The SMILES string of the molecule is Cc1ccc(-c2cc3c(cc2N2c4cc5c(cc4B4c6sc7ccc(C(C)(C)C)cc7c6N(c6ccc7c(c6)C(C)(C)CCC7(C)C)c6cc(C)cc2c64)C(C)(C)CCC5(C)C)C(C)(C)CCC3(C)C)cc1. The highest BCUT2D eigenvalue weighted by molar-refractivity contribution is 7.33. The zero-order valence-corrected chi connectivity index (χ0v) is 47.7. The van der Waals surface area contributed by atoms with E-state index in [1.165, 1.54) is 160 Å². The van der Waals surface area contributed by atoms with Crippen LogP contribution >= 0.6 is 11.3 Å². The third-order valence-electron chi connectivity index (χ3n) is 19.3. The fourth-order valence-electron chi connectivity index (χ4n) is 14.1. The van der Waals surface area contributed by atoms with Gasteiger partial charge in [0.15, 0.2) is 0 Å². The first kappa shape index (κ1) is 47.9. The highest BCUT2D eigenvalue weighted by atomic mass is 32.1. The molecule has 4 heteroatoms. The second-order valence-corrected chi connectivity index (χ2v) is 29.5. The zero-order chi connectivity index (χ0) is 51.2. The molecule has 6 aromatic carbocycles. The standard InChI is InChI=1S/C68H79BN2S/c1-40-18-20-42(21-19-40)45-36-49-51(67(14,15)30-28-65(49,10)11)38-54(45)71-55-39-52-50(66(12,13)29-31-68(52,16)17)37-53(55)69-59-56(32-41(2)33-57(59)71)70(44-23-24-47-48(35-44)64(8,9)27-26-63(47,6)7)60-46-34-43(62(3,4)5)22-25-58(46)72-61(60)69/h18-25,32-39H,26-31H2,1-17H3. The molecule has 0 N–H and O–H groups in total. The second kappa shape index (κ2) is 15.3. The van der Waals surface area contributed by atoms with Crippen LogP contribution in [0.1, 0.15) is 192 Å². The molecule has 1 aromatic heterocycles. The monoisotopic (exact) mass is 967 g/mol. The van der Waals surface area contributed by atoms with Gasteiger partial charge in [-0.15, -0.1) is 11.3 Å². The molecular formula is C68H79BN2S. The highest BCUT2D eigenvalue weighted by Crippen LogP contribution is 2.57. The van der Waals surface area contributed by atoms with E-state index in [1.54, 1.807) is 0 Å². The molecule has 5 aliphatic rings. The lowest BCUT2D eigenvalue weighted by Gasteiger charge is -2.48. The molecule has 0 saturated heterocycles. The summed E-state index contributed by atoms with van der Waals surface area (Å²) in [5.41, 5.74) is 26.8. The molecule has 0 radical (unpaired) electrons. The van der Waals surface area contributed by atoms with Crippen molar-refractivity contribution < 1.29 is 0 Å². The number of hydrogen-bond acceptors (Lipinski definition) is 3. The van der Waals surface area contributed by atoms with Gasteiger partial charge >= 0.3 is 0 Å². The number of thiophene rings is 1. The van der Waals surface area contributed by atoms with Gasteiger partial charge in [-0.25, -0.2) is 0 Å². The molecule has 72 heavy (non-hydrogen) atoms. The molecule has 0 unspecified atom stereocenters. The van der Waals surface area contributed by atoms with Crippen LogP contribution in [0.5, 0.6) is 0 Å². The number of aryl methyl sites for hydroxylation is 2. The second-order valence-electron chi connectivity index (χ2n) is 28.4. The maximum absolute atomic E-state index is 2.79. The van der Waals surface area contributed by atoms with Crippen LogP contribution in [0.2, 0.25) is 0 Å². The summed E-state index contributed by atoms with van der Waals surface area (Å²) in [5.74, 6) is 0. The molecule has 0 spiro atoms. The van der Waals surface area contributed by atoms with Gasteiger partial charge in [-0.1, -0.05) is 152 Å². The molecular weight excluding hydrogens is 888 g/mol. The topological polar surface area (TPSA) is 6.48 Å². The van der Waals surface area contributed by atoms with E-state index in [1.807, 2.05) is 11.3 Å². The van der Waals surface area contributed by atoms with E-state index in [9.17, 15) is 0 Å². The summed E-state index contributed by atoms with van der Waals surface area (Å²) in [6, 6.07) is 40.3. The third-order valence-corrected chi connectivity index (χ3v) is 20.5. The Labute approximate surface area is 437 Å². The first-order valence-corrected chi connectivity index (χ1v) is 28.3. The van der Waals surface area contributed by atoms with Crippen molar-refractivity contribution in [3.63, 3.8) is 0 Å². The van der Waals surface area contributed by atoms with E-state index in [2.05, 4.69) is 225 Å². The van der Waals surface area contributed by atoms with Gasteiger partial charge in [-0.3, -0.25) is 0 Å². The molecule has 0 bridgehead atoms. The minimum absolute atomic E-state index is 0.00873. The van der Waals surface area contributed by atoms with Crippen molar-refractivity contribution in [2.75, 3.05) is 9.80 Å². The van der Waals surface area contributed by atoms with Crippen molar-refractivity contribution in [3.05, 3.63) is 147 Å². The van der Waals surface area contributed by atoms with Gasteiger partial charge in [-0.2, -0.15) is 0 Å². The molecule has 7 aromatic rings. The maximum atomic E-state index is 2.79. The van der Waals surface area contributed by atoms with Gasteiger partial charge < -0.3 is 9.80 Å². The van der Waals surface area contributed by atoms with Gasteiger partial charge in [-0.05, 0) is 206 Å². The van der Waals surface area contributed by atoms with E-state index < -0.39 is 0 Å². The number of fused-ring (bicyclic) bond motifs is 9. The third kappa shape index (κ3) is 7.06. The van der Waals surface area contributed by atoms with E-state index >= 15 is 0 Å². The fourth-order valence-corrected chi connectivity index (χ4v) is 15.4. The smallest absolute Gasteiger partial charge is 0.264 e. The van der Waals surface area contributed by atoms with Crippen molar-refractivity contribution >= 4 is 78.0 Å². The highest BCUT2D eigenvalue weighted by Gasteiger charge is 2.49. The van der Waals surface area contributed by atoms with E-state index in [0.717, 1.165) is 0 Å². The maximum Gasteiger partial charge on any atom is 0.264 e. The first-order chi connectivity index (χ1) is 33.6. The molecule has 12 rings (SSSR count). The Morgan fingerprint density at radius 2 is 0.958 bits per heavy atom. The Kier molecular flexibility index (Phi) is 10.2. The van der Waals surface area contributed by atoms with Gasteiger partial charge in [0.1, 0.15) is 0 Å². The van der Waals surface area contributed by atoms with Gasteiger partial charge in [0.25, 0.3) is 6.71 Å². The van der Waals surface area contributed by atoms with Crippen LogP contribution in [0.15, 0.2) is 97.1 Å². The average Bonchev–Trinajstić information content (AvgIpc) is 3.69. The fraction of sp³-hybridized carbons (Fsp3) is 0.441. The molecule has 0 fully saturated rings. The summed E-state index contributed by atoms with van der Waals surface area (Å²) in [6.45, 7) is 41.6. The molecule has 0 saturated carbocycles. The molecule has 0 amide bonds. The minimum atomic E-state index is 0.00873. The van der Waals surface area contributed by atoms with Crippen molar-refractivity contribution in [3.8, 4) is 11.1 Å². The lowest BCUT2D eigenvalue weighted by Crippen LogP contribution is -2.61. The van der Waals surface area contributed by atoms with Crippen molar-refractivity contribution in [2.24, 2.45) is 0 Å². The number of anilines is 6. The predicted molar refractivity (Wildman–Crippen MR) is 315 cm³/mol. The van der Waals surface area contributed by atoms with Gasteiger partial charge in [0, 0.05) is 43.2 Å². The summed E-state index contributed by atoms with van der Waals surface area (Å²) >= 11 is 2.05. The van der Waals surface area contributed by atoms with Crippen molar-refractivity contribution in [1.82, 2.24) is 0 Å². The molecule has 3 aliphatic carbocycles. The Bertz CT molecular complexity index is 3440. The Morgan fingerprint density at radius 1 is 0.458 bits per heavy atom. The number of hydrogen-bond donors (Lipinski definition) is 0. The number of benzene rings is 6. The Hall–Kier alpha value is -5.06. The average molecular weight is 967 g/mol. The first-order valence-electron chi connectivity index (χ1n) is 27.5. The summed E-state index contributed by atoms with van der Waals surface area (Å²) in [6.07, 6.45) is 7.08. The summed E-state index contributed by atoms with van der Waals surface area (Å²) in [4.78, 5) is 5.53. The van der Waals surface area contributed by atoms with Crippen LogP contribution in [0.4, 0.5) is 34.1 Å². The summed E-state index contributed by atoms with van der Waals surface area (Å²) in [7, 11) is 0. The van der Waals surface area contributed by atoms with E-state index in [-0.39, 0.29) is 44.6 Å². The Morgan fingerprint density at radius 3 is 1.53 bits per heavy atom. The van der Waals surface area contributed by atoms with E-state index in [0.29, 0.717) is 0 Å². The number of rotatable bonds is 3. The van der Waals surface area contributed by atoms with Gasteiger partial charge in [0.05, 0.1) is 11.4 Å². The van der Waals surface area contributed by atoms with Crippen LogP contribution in [0, 0.1) is 13.8 Å². The lowest BCUT2D eigenvalue weighted by atomic mass is 9.35. The van der Waals surface area contributed by atoms with Crippen LogP contribution in [0.25, 0.3) is 21.2 Å². The Balaban J connectivity index is 1.24. The van der Waals surface area contributed by atoms with Crippen LogP contribution < -0.4 is 25.5 Å². The largest absolute Gasteiger partial charge is 0.311 e. The molecule has 2 aliphatic heterocycles. The summed E-state index contributed by atoms with van der Waals surface area (Å²) in [5, 5.41) is 1.37. The molecule has 2 nitrogen and oxygen atoms in total. The normalized spacial score (nSPS) is 20.3. The lowest BCUT2D eigenvalue weighted by molar-refractivity contribution is 0.332. The predicted octanol–water partition coefficient (Wildman–Crippen LogP) is 17.6. The van der Waals surface area contributed by atoms with Crippen LogP contribution in [-0.4, -0.2) is 6.71 Å². The van der Waals surface area contributed by atoms with Crippen LogP contribution in [-0.2, 0) is 37.9 Å².